The van der Waals surface area contributed by atoms with Crippen molar-refractivity contribution >= 4 is 21.7 Å². The van der Waals surface area contributed by atoms with Crippen LogP contribution in [-0.2, 0) is 10.0 Å². The zero-order valence-electron chi connectivity index (χ0n) is 19.9. The topological polar surface area (TPSA) is 107 Å². The molecule has 35 heavy (non-hydrogen) atoms. The molecule has 0 aromatic heterocycles. The predicted molar refractivity (Wildman–Crippen MR) is 133 cm³/mol. The maximum Gasteiger partial charge on any atom is 0.338 e. The summed E-state index contributed by atoms with van der Waals surface area (Å²) in [5.41, 5.74) is 6.04. The maximum absolute atomic E-state index is 13.3. The molecule has 1 heterocycles. The Morgan fingerprint density at radius 3 is 2.29 bits per heavy atom. The molecular formula is C25H31FN4O4S. The van der Waals surface area contributed by atoms with E-state index in [9.17, 15) is 22.8 Å². The summed E-state index contributed by atoms with van der Waals surface area (Å²) >= 11 is 0. The Labute approximate surface area is 206 Å². The van der Waals surface area contributed by atoms with E-state index in [0.717, 1.165) is 11.3 Å². The zero-order chi connectivity index (χ0) is 25.6. The Morgan fingerprint density at radius 2 is 1.71 bits per heavy atom. The first-order valence-electron chi connectivity index (χ1n) is 11.3. The molecule has 0 aliphatic carbocycles. The average Bonchev–Trinajstić information content (AvgIpc) is 2.83. The van der Waals surface area contributed by atoms with Crippen molar-refractivity contribution in [1.82, 2.24) is 9.37 Å². The fourth-order valence-corrected chi connectivity index (χ4v) is 5.90. The van der Waals surface area contributed by atoms with Crippen LogP contribution in [0, 0.1) is 23.1 Å². The summed E-state index contributed by atoms with van der Waals surface area (Å²) in [6.45, 7) is 4.79. The highest BCUT2D eigenvalue weighted by molar-refractivity contribution is 7.89. The molecule has 1 atom stereocenters. The van der Waals surface area contributed by atoms with Gasteiger partial charge >= 0.3 is 6.03 Å². The van der Waals surface area contributed by atoms with Gasteiger partial charge in [0.2, 0.25) is 10.0 Å². The molecule has 188 valence electrons. The number of anilines is 1. The molecule has 0 spiro atoms. The van der Waals surface area contributed by atoms with E-state index in [1.165, 1.54) is 16.4 Å². The van der Waals surface area contributed by atoms with Crippen LogP contribution in [0.3, 0.4) is 0 Å². The van der Waals surface area contributed by atoms with E-state index < -0.39 is 33.3 Å². The van der Waals surface area contributed by atoms with Crippen LogP contribution in [0.25, 0.3) is 0 Å². The van der Waals surface area contributed by atoms with E-state index in [1.54, 1.807) is 26.0 Å². The Morgan fingerprint density at radius 1 is 1.11 bits per heavy atom. The van der Waals surface area contributed by atoms with Crippen LogP contribution < -0.4 is 10.6 Å². The molecule has 3 N–H and O–H groups in total. The molecule has 1 aliphatic heterocycles. The van der Waals surface area contributed by atoms with Crippen LogP contribution in [-0.4, -0.2) is 67.0 Å². The minimum absolute atomic E-state index is 0.225. The number of sulfonamides is 1. The minimum Gasteiger partial charge on any atom is -0.369 e. The number of amides is 2. The van der Waals surface area contributed by atoms with Crippen molar-refractivity contribution < 1.29 is 22.8 Å². The molecule has 1 aliphatic rings. The molecule has 8 nitrogen and oxygen atoms in total. The predicted octanol–water partition coefficient (Wildman–Crippen LogP) is 2.88. The van der Waals surface area contributed by atoms with Gasteiger partial charge in [-0.1, -0.05) is 43.9 Å². The molecular weight excluding hydrogens is 471 g/mol. The van der Waals surface area contributed by atoms with E-state index in [2.05, 4.69) is 11.8 Å². The summed E-state index contributed by atoms with van der Waals surface area (Å²) in [5, 5.41) is 10.7. The summed E-state index contributed by atoms with van der Waals surface area (Å²) in [6.07, 6.45) is 0.227. The van der Waals surface area contributed by atoms with Crippen LogP contribution >= 0.6 is 0 Å². The Kier molecular flexibility index (Phi) is 8.38. The van der Waals surface area contributed by atoms with E-state index in [-0.39, 0.29) is 25.3 Å². The van der Waals surface area contributed by atoms with Crippen LogP contribution in [0.4, 0.5) is 14.9 Å². The van der Waals surface area contributed by atoms with Gasteiger partial charge in [0.05, 0.1) is 11.8 Å². The second-order valence-electron chi connectivity index (χ2n) is 9.17. The second-order valence-corrected chi connectivity index (χ2v) is 11.2. The van der Waals surface area contributed by atoms with E-state index in [1.807, 2.05) is 35.2 Å². The van der Waals surface area contributed by atoms with Crippen molar-refractivity contribution in [2.45, 2.75) is 26.3 Å². The van der Waals surface area contributed by atoms with Gasteiger partial charge in [0.15, 0.2) is 0 Å². The quantitative estimate of drug-likeness (QED) is 0.344. The number of hydroxylamine groups is 2. The van der Waals surface area contributed by atoms with Crippen LogP contribution in [0.15, 0.2) is 54.6 Å². The minimum atomic E-state index is -3.84. The SMILES string of the molecule is CC(C)(CC#Cc1ccccc1)C(CS(=O)(=O)N1CCN(c2ccc(F)cc2)CC1)N(O)C(N)=O. The zero-order valence-corrected chi connectivity index (χ0v) is 20.7. The van der Waals surface area contributed by atoms with Crippen molar-refractivity contribution in [3.63, 3.8) is 0 Å². The van der Waals surface area contributed by atoms with Gasteiger partial charge in [-0.3, -0.25) is 5.21 Å². The molecule has 2 aromatic rings. The molecule has 0 saturated carbocycles. The van der Waals surface area contributed by atoms with Gasteiger partial charge in [0.25, 0.3) is 0 Å². The third-order valence-electron chi connectivity index (χ3n) is 6.17. The summed E-state index contributed by atoms with van der Waals surface area (Å²) in [4.78, 5) is 13.8. The number of urea groups is 1. The number of hydrogen-bond acceptors (Lipinski definition) is 5. The average molecular weight is 503 g/mol. The Bertz CT molecular complexity index is 1170. The lowest BCUT2D eigenvalue weighted by Gasteiger charge is -2.39. The fourth-order valence-electron chi connectivity index (χ4n) is 3.98. The number of hydrogen-bond donors (Lipinski definition) is 2. The number of rotatable bonds is 7. The number of piperazine rings is 1. The largest absolute Gasteiger partial charge is 0.369 e. The van der Waals surface area contributed by atoms with Gasteiger partial charge in [-0.05, 0) is 41.8 Å². The molecule has 3 rings (SSSR count). The number of halogens is 1. The number of carbonyl (C=O) groups is 1. The highest BCUT2D eigenvalue weighted by atomic mass is 32.2. The van der Waals surface area contributed by atoms with Crippen LogP contribution in [0.5, 0.6) is 0 Å². The highest BCUT2D eigenvalue weighted by Gasteiger charge is 2.41. The van der Waals surface area contributed by atoms with Gasteiger partial charge < -0.3 is 10.6 Å². The molecule has 1 saturated heterocycles. The normalized spacial score (nSPS) is 15.7. The van der Waals surface area contributed by atoms with Crippen molar-refractivity contribution in [2.75, 3.05) is 36.8 Å². The summed E-state index contributed by atoms with van der Waals surface area (Å²) in [5.74, 6) is 5.22. The van der Waals surface area contributed by atoms with Gasteiger partial charge in [0.1, 0.15) is 5.82 Å². The molecule has 2 amide bonds. The molecule has 10 heteroatoms. The molecule has 0 bridgehead atoms. The van der Waals surface area contributed by atoms with E-state index >= 15 is 0 Å². The van der Waals surface area contributed by atoms with Crippen molar-refractivity contribution in [2.24, 2.45) is 11.1 Å². The fraction of sp³-hybridized carbons (Fsp3) is 0.400. The van der Waals surface area contributed by atoms with Crippen LogP contribution in [0.1, 0.15) is 25.8 Å². The lowest BCUT2D eigenvalue weighted by Crippen LogP contribution is -2.56. The Hall–Kier alpha value is -3.13. The molecule has 2 aromatic carbocycles. The monoisotopic (exact) mass is 502 g/mol. The first kappa shape index (κ1) is 26.5. The van der Waals surface area contributed by atoms with E-state index in [4.69, 9.17) is 5.73 Å². The first-order valence-corrected chi connectivity index (χ1v) is 12.9. The summed E-state index contributed by atoms with van der Waals surface area (Å²) in [6, 6.07) is 13.1. The number of nitrogens with zero attached hydrogens (tertiary/aromatic N) is 3. The number of carbonyl (C=O) groups excluding carboxylic acids is 1. The smallest absolute Gasteiger partial charge is 0.338 e. The third-order valence-corrected chi connectivity index (χ3v) is 8.05. The summed E-state index contributed by atoms with van der Waals surface area (Å²) < 4.78 is 41.1. The molecule has 1 unspecified atom stereocenters. The van der Waals surface area contributed by atoms with Gasteiger partial charge in [-0.25, -0.2) is 22.7 Å². The first-order chi connectivity index (χ1) is 16.5. The number of primary amides is 1. The lowest BCUT2D eigenvalue weighted by atomic mass is 9.82. The van der Waals surface area contributed by atoms with Gasteiger partial charge in [-0.15, -0.1) is 0 Å². The maximum atomic E-state index is 13.3. The lowest BCUT2D eigenvalue weighted by molar-refractivity contribution is -0.0998. The van der Waals surface area contributed by atoms with Crippen molar-refractivity contribution in [3.8, 4) is 11.8 Å². The molecule has 1 fully saturated rings. The highest BCUT2D eigenvalue weighted by Crippen LogP contribution is 2.30. The van der Waals surface area contributed by atoms with Gasteiger partial charge in [-0.2, -0.15) is 4.31 Å². The Balaban J connectivity index is 1.71. The standard InChI is InChI=1S/C25H31FN4O4S/c1-25(2,14-6-9-20-7-4-3-5-8-20)23(30(32)24(27)31)19-35(33,34)29-17-15-28(16-18-29)22-12-10-21(26)11-13-22/h3-5,7-8,10-13,23,32H,14-19H2,1-2H3,(H2,27,31). The second kappa shape index (κ2) is 11.1. The summed E-state index contributed by atoms with van der Waals surface area (Å²) in [7, 11) is -3.84. The van der Waals surface area contributed by atoms with Crippen molar-refractivity contribution in [3.05, 3.63) is 66.0 Å². The van der Waals surface area contributed by atoms with E-state index in [0.29, 0.717) is 18.2 Å². The molecule has 0 radical (unpaired) electrons. The number of benzene rings is 2. The third kappa shape index (κ3) is 6.94. The van der Waals surface area contributed by atoms with Crippen molar-refractivity contribution in [1.29, 1.82) is 0 Å². The number of nitrogens with two attached hydrogens (primary N) is 1. The van der Waals surface area contributed by atoms with Crippen LogP contribution in [0.2, 0.25) is 0 Å². The van der Waals surface area contributed by atoms with Gasteiger partial charge in [0, 0.05) is 43.9 Å².